The maximum absolute atomic E-state index is 13.4. The van der Waals surface area contributed by atoms with Crippen molar-refractivity contribution in [3.05, 3.63) is 35.1 Å². The fourth-order valence-corrected chi connectivity index (χ4v) is 2.42. The Morgan fingerprint density at radius 1 is 1.43 bits per heavy atom. The van der Waals surface area contributed by atoms with Crippen LogP contribution in [0.1, 0.15) is 25.0 Å². The third-order valence-electron chi connectivity index (χ3n) is 3.49. The van der Waals surface area contributed by atoms with Crippen LogP contribution < -0.4 is 5.73 Å². The number of nitrogens with two attached hydrogens (primary N) is 1. The molecule has 5 nitrogen and oxygen atoms in total. The molecule has 118 valence electrons. The average molecular weight is 296 g/mol. The van der Waals surface area contributed by atoms with Gasteiger partial charge in [-0.3, -0.25) is 4.90 Å². The topological polar surface area (TPSA) is 65.1 Å². The van der Waals surface area contributed by atoms with E-state index < -0.39 is 5.82 Å². The van der Waals surface area contributed by atoms with Crippen molar-refractivity contribution in [2.75, 3.05) is 27.2 Å². The van der Waals surface area contributed by atoms with Crippen molar-refractivity contribution in [3.8, 4) is 0 Å². The Morgan fingerprint density at radius 2 is 2.10 bits per heavy atom. The van der Waals surface area contributed by atoms with Gasteiger partial charge in [-0.1, -0.05) is 18.1 Å². The molecule has 3 N–H and O–H groups in total. The van der Waals surface area contributed by atoms with Crippen molar-refractivity contribution in [3.63, 3.8) is 0 Å². The summed E-state index contributed by atoms with van der Waals surface area (Å²) in [7, 11) is 4.06. The van der Waals surface area contributed by atoms with Gasteiger partial charge in [-0.05, 0) is 45.3 Å². The van der Waals surface area contributed by atoms with Crippen LogP contribution in [-0.2, 0) is 6.54 Å². The summed E-state index contributed by atoms with van der Waals surface area (Å²) in [5.41, 5.74) is 6.93. The van der Waals surface area contributed by atoms with Crippen molar-refractivity contribution in [1.29, 1.82) is 0 Å². The first kappa shape index (κ1) is 17.4. The zero-order valence-electron chi connectivity index (χ0n) is 13.2. The third kappa shape index (κ3) is 4.99. The molecule has 0 bridgehead atoms. The fourth-order valence-electron chi connectivity index (χ4n) is 2.42. The second-order valence-electron chi connectivity index (χ2n) is 5.46. The summed E-state index contributed by atoms with van der Waals surface area (Å²) in [6.07, 6.45) is 0. The molecular formula is C15H25FN4O. The zero-order chi connectivity index (χ0) is 16.0. The summed E-state index contributed by atoms with van der Waals surface area (Å²) in [6, 6.07) is 4.73. The Balaban J connectivity index is 2.99. The lowest BCUT2D eigenvalue weighted by molar-refractivity contribution is 0.174. The monoisotopic (exact) mass is 296 g/mol. The number of halogens is 1. The van der Waals surface area contributed by atoms with Crippen LogP contribution in [0, 0.1) is 5.82 Å². The van der Waals surface area contributed by atoms with Crippen LogP contribution in [0.4, 0.5) is 4.39 Å². The number of rotatable bonds is 7. The van der Waals surface area contributed by atoms with Crippen molar-refractivity contribution < 1.29 is 9.60 Å². The summed E-state index contributed by atoms with van der Waals surface area (Å²) < 4.78 is 13.4. The maximum Gasteiger partial charge on any atom is 0.170 e. The minimum absolute atomic E-state index is 0.0687. The van der Waals surface area contributed by atoms with E-state index in [1.165, 1.54) is 12.1 Å². The van der Waals surface area contributed by atoms with E-state index in [4.69, 9.17) is 10.9 Å². The third-order valence-corrected chi connectivity index (χ3v) is 3.49. The van der Waals surface area contributed by atoms with Crippen LogP contribution in [0.5, 0.6) is 0 Å². The summed E-state index contributed by atoms with van der Waals surface area (Å²) in [5, 5.41) is 11.8. The second kappa shape index (κ2) is 7.95. The highest BCUT2D eigenvalue weighted by Crippen LogP contribution is 2.15. The summed E-state index contributed by atoms with van der Waals surface area (Å²) in [4.78, 5) is 4.39. The van der Waals surface area contributed by atoms with E-state index >= 15 is 0 Å². The first-order valence-electron chi connectivity index (χ1n) is 7.04. The number of amidine groups is 1. The zero-order valence-corrected chi connectivity index (χ0v) is 13.2. The lowest BCUT2D eigenvalue weighted by Gasteiger charge is -2.30. The van der Waals surface area contributed by atoms with Gasteiger partial charge in [0.25, 0.3) is 0 Å². The average Bonchev–Trinajstić information content (AvgIpc) is 2.44. The molecule has 0 spiro atoms. The predicted octanol–water partition coefficient (Wildman–Crippen LogP) is 1.69. The molecule has 0 aliphatic heterocycles. The lowest BCUT2D eigenvalue weighted by Crippen LogP contribution is -2.39. The van der Waals surface area contributed by atoms with Crippen LogP contribution in [-0.4, -0.2) is 54.1 Å². The molecule has 0 amide bonds. The quantitative estimate of drug-likeness (QED) is 0.348. The predicted molar refractivity (Wildman–Crippen MR) is 83.0 cm³/mol. The highest BCUT2D eigenvalue weighted by Gasteiger charge is 2.16. The minimum Gasteiger partial charge on any atom is -0.409 e. The molecule has 0 aliphatic carbocycles. The van der Waals surface area contributed by atoms with E-state index in [1.807, 2.05) is 14.1 Å². The van der Waals surface area contributed by atoms with E-state index in [0.29, 0.717) is 18.2 Å². The molecule has 0 radical (unpaired) electrons. The molecule has 0 saturated heterocycles. The SMILES string of the molecule is CCN(Cc1ccc(F)cc1/C(N)=N/O)C(C)CN(C)C. The standard InChI is InChI=1S/C15H25FN4O/c1-5-20(11(2)9-19(3)4)10-12-6-7-13(16)8-14(12)15(17)18-21/h6-8,11,21H,5,9-10H2,1-4H3,(H2,17,18). The number of hydrogen-bond acceptors (Lipinski definition) is 4. The maximum atomic E-state index is 13.4. The van der Waals surface area contributed by atoms with E-state index in [-0.39, 0.29) is 5.84 Å². The molecule has 1 unspecified atom stereocenters. The van der Waals surface area contributed by atoms with Crippen molar-refractivity contribution in [2.24, 2.45) is 10.9 Å². The normalized spacial score (nSPS) is 14.0. The molecule has 1 aromatic rings. The van der Waals surface area contributed by atoms with E-state index in [0.717, 1.165) is 18.7 Å². The Labute approximate surface area is 125 Å². The van der Waals surface area contributed by atoms with Crippen molar-refractivity contribution >= 4 is 5.84 Å². The number of oxime groups is 1. The molecule has 6 heteroatoms. The van der Waals surface area contributed by atoms with Crippen LogP contribution in [0.15, 0.2) is 23.4 Å². The van der Waals surface area contributed by atoms with Gasteiger partial charge in [0.1, 0.15) is 5.82 Å². The summed E-state index contributed by atoms with van der Waals surface area (Å²) in [5.74, 6) is -0.467. The summed E-state index contributed by atoms with van der Waals surface area (Å²) in [6.45, 7) is 6.64. The Hall–Kier alpha value is -1.66. The van der Waals surface area contributed by atoms with Crippen LogP contribution >= 0.6 is 0 Å². The highest BCUT2D eigenvalue weighted by atomic mass is 19.1. The summed E-state index contributed by atoms with van der Waals surface area (Å²) >= 11 is 0. The van der Waals surface area contributed by atoms with Gasteiger partial charge >= 0.3 is 0 Å². The molecule has 0 saturated carbocycles. The van der Waals surface area contributed by atoms with Gasteiger partial charge < -0.3 is 15.8 Å². The van der Waals surface area contributed by atoms with Gasteiger partial charge in [0.2, 0.25) is 0 Å². The van der Waals surface area contributed by atoms with E-state index in [1.54, 1.807) is 6.07 Å². The first-order valence-corrected chi connectivity index (χ1v) is 7.04. The molecule has 1 rings (SSSR count). The Morgan fingerprint density at radius 3 is 2.62 bits per heavy atom. The Bertz CT molecular complexity index is 491. The smallest absolute Gasteiger partial charge is 0.170 e. The molecular weight excluding hydrogens is 271 g/mol. The first-order chi connectivity index (χ1) is 9.88. The van der Waals surface area contributed by atoms with E-state index in [2.05, 4.69) is 28.8 Å². The molecule has 0 aliphatic rings. The number of hydrogen-bond donors (Lipinski definition) is 2. The fraction of sp³-hybridized carbons (Fsp3) is 0.533. The molecule has 0 fully saturated rings. The molecule has 1 aromatic carbocycles. The van der Waals surface area contributed by atoms with Crippen molar-refractivity contribution in [1.82, 2.24) is 9.80 Å². The van der Waals surface area contributed by atoms with Gasteiger partial charge in [-0.15, -0.1) is 0 Å². The number of nitrogens with zero attached hydrogens (tertiary/aromatic N) is 3. The van der Waals surface area contributed by atoms with Gasteiger partial charge in [0.05, 0.1) is 0 Å². The molecule has 0 heterocycles. The molecule has 21 heavy (non-hydrogen) atoms. The van der Waals surface area contributed by atoms with Crippen LogP contribution in [0.2, 0.25) is 0 Å². The van der Waals surface area contributed by atoms with Crippen LogP contribution in [0.3, 0.4) is 0 Å². The van der Waals surface area contributed by atoms with Gasteiger partial charge in [-0.2, -0.15) is 0 Å². The Kier molecular flexibility index (Phi) is 6.58. The lowest BCUT2D eigenvalue weighted by atomic mass is 10.0. The van der Waals surface area contributed by atoms with Crippen LogP contribution in [0.25, 0.3) is 0 Å². The second-order valence-corrected chi connectivity index (χ2v) is 5.46. The van der Waals surface area contributed by atoms with Crippen molar-refractivity contribution in [2.45, 2.75) is 26.4 Å². The van der Waals surface area contributed by atoms with E-state index in [9.17, 15) is 4.39 Å². The van der Waals surface area contributed by atoms with Gasteiger partial charge in [0.15, 0.2) is 5.84 Å². The largest absolute Gasteiger partial charge is 0.409 e. The highest BCUT2D eigenvalue weighted by molar-refractivity contribution is 5.98. The molecule has 0 aromatic heterocycles. The molecule has 1 atom stereocenters. The van der Waals surface area contributed by atoms with Gasteiger partial charge in [-0.25, -0.2) is 4.39 Å². The number of likely N-dealkylation sites (N-methyl/N-ethyl adjacent to an activating group) is 2. The minimum atomic E-state index is -0.398. The number of benzene rings is 1. The van der Waals surface area contributed by atoms with Gasteiger partial charge in [0, 0.05) is 24.7 Å².